The van der Waals surface area contributed by atoms with E-state index >= 15 is 0 Å². The van der Waals surface area contributed by atoms with Crippen LogP contribution < -0.4 is 5.32 Å². The zero-order chi connectivity index (χ0) is 19.7. The van der Waals surface area contributed by atoms with E-state index in [2.05, 4.69) is 59.4 Å². The number of nitrogens with zero attached hydrogens (tertiary/aromatic N) is 4. The van der Waals surface area contributed by atoms with Gasteiger partial charge in [-0.3, -0.25) is 19.4 Å². The van der Waals surface area contributed by atoms with E-state index in [0.29, 0.717) is 5.69 Å². The summed E-state index contributed by atoms with van der Waals surface area (Å²) in [7, 11) is 2.08. The van der Waals surface area contributed by atoms with Gasteiger partial charge >= 0.3 is 0 Å². The number of hydrogen-bond donors (Lipinski definition) is 1. The van der Waals surface area contributed by atoms with E-state index in [1.807, 2.05) is 22.9 Å². The van der Waals surface area contributed by atoms with Crippen molar-refractivity contribution >= 4 is 5.91 Å². The quantitative estimate of drug-likeness (QED) is 0.762. The fraction of sp³-hybridized carbons (Fsp3) is 0.318. The molecule has 1 aliphatic rings. The van der Waals surface area contributed by atoms with E-state index in [1.165, 1.54) is 11.1 Å². The van der Waals surface area contributed by atoms with E-state index in [-0.39, 0.29) is 11.9 Å². The summed E-state index contributed by atoms with van der Waals surface area (Å²) < 4.78 is 1.93. The lowest BCUT2D eigenvalue weighted by Gasteiger charge is -2.22. The van der Waals surface area contributed by atoms with Gasteiger partial charge in [-0.2, -0.15) is 5.10 Å². The fourth-order valence-corrected chi connectivity index (χ4v) is 3.56. The zero-order valence-electron chi connectivity index (χ0n) is 16.5. The van der Waals surface area contributed by atoms with Gasteiger partial charge < -0.3 is 5.32 Å². The first-order valence-corrected chi connectivity index (χ1v) is 9.54. The first-order valence-electron chi connectivity index (χ1n) is 9.54. The van der Waals surface area contributed by atoms with Crippen LogP contribution in [-0.2, 0) is 13.1 Å². The number of amides is 1. The van der Waals surface area contributed by atoms with Crippen molar-refractivity contribution in [3.05, 3.63) is 82.4 Å². The molecule has 1 aromatic carbocycles. The van der Waals surface area contributed by atoms with Gasteiger partial charge in [0.1, 0.15) is 0 Å². The summed E-state index contributed by atoms with van der Waals surface area (Å²) in [6, 6.07) is 11.8. The fourth-order valence-electron chi connectivity index (χ4n) is 3.56. The molecule has 28 heavy (non-hydrogen) atoms. The molecule has 2 aromatic heterocycles. The van der Waals surface area contributed by atoms with E-state index < -0.39 is 0 Å². The molecule has 0 saturated carbocycles. The largest absolute Gasteiger partial charge is 0.340 e. The maximum Gasteiger partial charge on any atom is 0.272 e. The number of carbonyl (C=O) groups is 1. The lowest BCUT2D eigenvalue weighted by molar-refractivity contribution is 0.0937. The van der Waals surface area contributed by atoms with Gasteiger partial charge in [-0.05, 0) is 55.3 Å². The lowest BCUT2D eigenvalue weighted by Crippen LogP contribution is -2.31. The van der Waals surface area contributed by atoms with Crippen molar-refractivity contribution in [2.75, 3.05) is 13.6 Å². The molecule has 144 valence electrons. The van der Waals surface area contributed by atoms with Gasteiger partial charge in [0, 0.05) is 25.5 Å². The Kier molecular flexibility index (Phi) is 4.96. The maximum atomic E-state index is 13.0. The van der Waals surface area contributed by atoms with Crippen LogP contribution in [0.15, 0.2) is 48.8 Å². The van der Waals surface area contributed by atoms with E-state index in [1.54, 1.807) is 12.4 Å². The van der Waals surface area contributed by atoms with Crippen molar-refractivity contribution in [3.63, 3.8) is 0 Å². The Bertz CT molecular complexity index is 995. The van der Waals surface area contributed by atoms with Crippen LogP contribution in [0.1, 0.15) is 44.5 Å². The number of hydrogen-bond acceptors (Lipinski definition) is 4. The van der Waals surface area contributed by atoms with Crippen LogP contribution in [-0.4, -0.2) is 39.2 Å². The molecule has 0 fully saturated rings. The van der Waals surface area contributed by atoms with E-state index in [9.17, 15) is 4.79 Å². The number of fused-ring (bicyclic) bond motifs is 1. The topological polar surface area (TPSA) is 63.1 Å². The smallest absolute Gasteiger partial charge is 0.272 e. The molecule has 0 aliphatic carbocycles. The second kappa shape index (κ2) is 7.56. The summed E-state index contributed by atoms with van der Waals surface area (Å²) in [5, 5.41) is 7.68. The molecule has 1 unspecified atom stereocenters. The molecule has 0 radical (unpaired) electrons. The number of rotatable bonds is 4. The standard InChI is InChI=1S/C22H25N5O/c1-15-6-7-17(11-16(15)2)21(18-5-4-8-23-13-18)24-22(28)20-12-19-14-26(3)9-10-27(19)25-20/h4-8,11-13,21H,9-10,14H2,1-3H3,(H,24,28). The number of aromatic nitrogens is 3. The van der Waals surface area contributed by atoms with Crippen molar-refractivity contribution in [1.29, 1.82) is 0 Å². The molecule has 3 aromatic rings. The van der Waals surface area contributed by atoms with E-state index in [0.717, 1.165) is 36.5 Å². The van der Waals surface area contributed by atoms with Crippen molar-refractivity contribution < 1.29 is 4.79 Å². The average molecular weight is 375 g/mol. The SMILES string of the molecule is Cc1ccc(C(NC(=O)c2cc3n(n2)CCN(C)C3)c2cccnc2)cc1C. The van der Waals surface area contributed by atoms with Gasteiger partial charge in [-0.25, -0.2) is 0 Å². The highest BCUT2D eigenvalue weighted by molar-refractivity contribution is 5.93. The molecule has 4 rings (SSSR count). The molecular formula is C22H25N5O. The molecule has 3 heterocycles. The predicted molar refractivity (Wildman–Crippen MR) is 108 cm³/mol. The minimum atomic E-state index is -0.276. The first-order chi connectivity index (χ1) is 13.5. The third-order valence-electron chi connectivity index (χ3n) is 5.38. The van der Waals surface area contributed by atoms with Gasteiger partial charge in [0.05, 0.1) is 18.3 Å². The molecule has 1 atom stereocenters. The number of nitrogens with one attached hydrogen (secondary N) is 1. The summed E-state index contributed by atoms with van der Waals surface area (Å²) in [5.41, 5.74) is 5.94. The Morgan fingerprint density at radius 1 is 1.11 bits per heavy atom. The van der Waals surface area contributed by atoms with Crippen LogP contribution in [0.25, 0.3) is 0 Å². The normalized spacial score (nSPS) is 15.1. The maximum absolute atomic E-state index is 13.0. The van der Waals surface area contributed by atoms with Gasteiger partial charge in [-0.1, -0.05) is 24.3 Å². The van der Waals surface area contributed by atoms with Crippen LogP contribution in [0.3, 0.4) is 0 Å². The molecule has 1 amide bonds. The third-order valence-corrected chi connectivity index (χ3v) is 5.38. The van der Waals surface area contributed by atoms with Gasteiger partial charge in [0.2, 0.25) is 0 Å². The van der Waals surface area contributed by atoms with Gasteiger partial charge in [0.15, 0.2) is 5.69 Å². The molecule has 0 saturated heterocycles. The molecule has 6 nitrogen and oxygen atoms in total. The number of likely N-dealkylation sites (N-methyl/N-ethyl adjacent to an activating group) is 1. The molecule has 6 heteroatoms. The van der Waals surface area contributed by atoms with Gasteiger partial charge in [0.25, 0.3) is 5.91 Å². The van der Waals surface area contributed by atoms with Crippen molar-refractivity contribution in [2.45, 2.75) is 33.0 Å². The molecule has 0 spiro atoms. The Balaban J connectivity index is 1.64. The minimum Gasteiger partial charge on any atom is -0.340 e. The Labute approximate surface area is 165 Å². The first kappa shape index (κ1) is 18.4. The molecular weight excluding hydrogens is 350 g/mol. The van der Waals surface area contributed by atoms with Crippen LogP contribution in [0.5, 0.6) is 0 Å². The number of benzene rings is 1. The van der Waals surface area contributed by atoms with Crippen LogP contribution in [0.4, 0.5) is 0 Å². The Morgan fingerprint density at radius 3 is 2.71 bits per heavy atom. The van der Waals surface area contributed by atoms with Crippen molar-refractivity contribution in [3.8, 4) is 0 Å². The van der Waals surface area contributed by atoms with Gasteiger partial charge in [-0.15, -0.1) is 0 Å². The highest BCUT2D eigenvalue weighted by Gasteiger charge is 2.23. The zero-order valence-corrected chi connectivity index (χ0v) is 16.5. The molecule has 0 bridgehead atoms. The Morgan fingerprint density at radius 2 is 1.96 bits per heavy atom. The summed E-state index contributed by atoms with van der Waals surface area (Å²) in [6.07, 6.45) is 3.54. The second-order valence-electron chi connectivity index (χ2n) is 7.52. The second-order valence-corrected chi connectivity index (χ2v) is 7.52. The van der Waals surface area contributed by atoms with Crippen molar-refractivity contribution in [1.82, 2.24) is 25.0 Å². The highest BCUT2D eigenvalue weighted by Crippen LogP contribution is 2.24. The number of aryl methyl sites for hydroxylation is 2. The summed E-state index contributed by atoms with van der Waals surface area (Å²) in [6.45, 7) is 6.73. The third kappa shape index (κ3) is 3.68. The lowest BCUT2D eigenvalue weighted by atomic mass is 9.96. The van der Waals surface area contributed by atoms with E-state index in [4.69, 9.17) is 0 Å². The Hall–Kier alpha value is -2.99. The predicted octanol–water partition coefficient (Wildman–Crippen LogP) is 2.86. The summed E-state index contributed by atoms with van der Waals surface area (Å²) in [4.78, 5) is 19.5. The van der Waals surface area contributed by atoms with Crippen molar-refractivity contribution in [2.24, 2.45) is 0 Å². The number of pyridine rings is 1. The van der Waals surface area contributed by atoms with Crippen LogP contribution >= 0.6 is 0 Å². The minimum absolute atomic E-state index is 0.170. The summed E-state index contributed by atoms with van der Waals surface area (Å²) >= 11 is 0. The number of carbonyl (C=O) groups excluding carboxylic acids is 1. The molecule has 1 aliphatic heterocycles. The summed E-state index contributed by atoms with van der Waals surface area (Å²) in [5.74, 6) is -0.170. The van der Waals surface area contributed by atoms with Crippen LogP contribution in [0.2, 0.25) is 0 Å². The average Bonchev–Trinajstić information content (AvgIpc) is 3.12. The monoisotopic (exact) mass is 375 g/mol. The highest BCUT2D eigenvalue weighted by atomic mass is 16.2. The molecule has 1 N–H and O–H groups in total. The van der Waals surface area contributed by atoms with Crippen LogP contribution in [0, 0.1) is 13.8 Å².